The second kappa shape index (κ2) is 7.13. The molecular formula is C20H15N3O3S. The molecule has 1 aliphatic heterocycles. The van der Waals surface area contributed by atoms with Crippen molar-refractivity contribution in [3.05, 3.63) is 76.1 Å². The van der Waals surface area contributed by atoms with Gasteiger partial charge in [0.2, 0.25) is 5.91 Å². The number of nitrogens with zero attached hydrogens (tertiary/aromatic N) is 2. The molecule has 1 N–H and O–H groups in total. The van der Waals surface area contributed by atoms with E-state index in [0.717, 1.165) is 21.7 Å². The lowest BCUT2D eigenvalue weighted by molar-refractivity contribution is -0.121. The smallest absolute Gasteiger partial charge is 0.262 e. The molecule has 1 aromatic carbocycles. The molecule has 0 fully saturated rings. The van der Waals surface area contributed by atoms with Crippen LogP contribution in [0.1, 0.15) is 26.3 Å². The Morgan fingerprint density at radius 3 is 2.44 bits per heavy atom. The number of hydrogen-bond acceptors (Lipinski definition) is 5. The molecular weight excluding hydrogens is 362 g/mol. The molecule has 0 unspecified atom stereocenters. The molecule has 6 nitrogen and oxygen atoms in total. The number of aromatic nitrogens is 1. The van der Waals surface area contributed by atoms with Gasteiger partial charge < -0.3 is 5.32 Å². The summed E-state index contributed by atoms with van der Waals surface area (Å²) in [5.74, 6) is -1.28. The topological polar surface area (TPSA) is 79.4 Å². The first-order valence-corrected chi connectivity index (χ1v) is 9.28. The SMILES string of the molecule is O=C(CN1C(=O)c2ccccc2C1=O)NCc1cccnc1-c1ccsc1. The highest BCUT2D eigenvalue weighted by Crippen LogP contribution is 2.24. The van der Waals surface area contributed by atoms with Crippen LogP contribution in [0.3, 0.4) is 0 Å². The zero-order chi connectivity index (χ0) is 18.8. The van der Waals surface area contributed by atoms with Crippen molar-refractivity contribution in [3.63, 3.8) is 0 Å². The summed E-state index contributed by atoms with van der Waals surface area (Å²) in [6.45, 7) is -0.0403. The van der Waals surface area contributed by atoms with Gasteiger partial charge in [0.05, 0.1) is 16.8 Å². The van der Waals surface area contributed by atoms with Crippen LogP contribution in [0.25, 0.3) is 11.3 Å². The molecule has 0 bridgehead atoms. The van der Waals surface area contributed by atoms with E-state index in [9.17, 15) is 14.4 Å². The van der Waals surface area contributed by atoms with Crippen molar-refractivity contribution < 1.29 is 14.4 Å². The number of rotatable bonds is 5. The van der Waals surface area contributed by atoms with E-state index in [-0.39, 0.29) is 13.1 Å². The Kier molecular flexibility index (Phi) is 4.52. The molecule has 27 heavy (non-hydrogen) atoms. The van der Waals surface area contributed by atoms with Crippen molar-refractivity contribution in [1.82, 2.24) is 15.2 Å². The van der Waals surface area contributed by atoms with E-state index in [1.54, 1.807) is 41.8 Å². The Hall–Kier alpha value is -3.32. The Labute approximate surface area is 159 Å². The quantitative estimate of drug-likeness (QED) is 0.694. The lowest BCUT2D eigenvalue weighted by Crippen LogP contribution is -2.40. The number of pyridine rings is 1. The Bertz CT molecular complexity index is 995. The Balaban J connectivity index is 1.43. The molecule has 2 aromatic heterocycles. The second-order valence-corrected chi connectivity index (χ2v) is 6.82. The summed E-state index contributed by atoms with van der Waals surface area (Å²) in [6, 6.07) is 12.2. The third-order valence-electron chi connectivity index (χ3n) is 4.34. The van der Waals surface area contributed by atoms with Gasteiger partial charge in [-0.2, -0.15) is 11.3 Å². The predicted molar refractivity (Wildman–Crippen MR) is 101 cm³/mol. The van der Waals surface area contributed by atoms with E-state index < -0.39 is 17.7 Å². The van der Waals surface area contributed by atoms with E-state index in [0.29, 0.717) is 11.1 Å². The van der Waals surface area contributed by atoms with Gasteiger partial charge in [-0.25, -0.2) is 0 Å². The van der Waals surface area contributed by atoms with Crippen LogP contribution in [-0.4, -0.2) is 34.2 Å². The molecule has 3 amide bonds. The molecule has 7 heteroatoms. The fourth-order valence-corrected chi connectivity index (χ4v) is 3.66. The molecule has 0 spiro atoms. The maximum absolute atomic E-state index is 12.3. The van der Waals surface area contributed by atoms with Gasteiger partial charge in [-0.3, -0.25) is 24.3 Å². The summed E-state index contributed by atoms with van der Waals surface area (Å²) < 4.78 is 0. The molecule has 1 aliphatic rings. The predicted octanol–water partition coefficient (Wildman–Crippen LogP) is 2.72. The highest BCUT2D eigenvalue weighted by Gasteiger charge is 2.36. The first-order valence-electron chi connectivity index (χ1n) is 8.33. The van der Waals surface area contributed by atoms with Gasteiger partial charge in [-0.15, -0.1) is 0 Å². The maximum atomic E-state index is 12.3. The fraction of sp³-hybridized carbons (Fsp3) is 0.100. The van der Waals surface area contributed by atoms with Crippen molar-refractivity contribution in [2.75, 3.05) is 6.54 Å². The standard InChI is InChI=1S/C20H15N3O3S/c24-17(11-23-19(25)15-5-1-2-6-16(15)20(23)26)22-10-13-4-3-8-21-18(13)14-7-9-27-12-14/h1-9,12H,10-11H2,(H,22,24). The van der Waals surface area contributed by atoms with Gasteiger partial charge in [0.15, 0.2) is 0 Å². The van der Waals surface area contributed by atoms with E-state index in [1.165, 1.54) is 0 Å². The average Bonchev–Trinajstić information content (AvgIpc) is 3.31. The van der Waals surface area contributed by atoms with Crippen LogP contribution in [-0.2, 0) is 11.3 Å². The molecule has 3 heterocycles. The minimum absolute atomic E-state index is 0.265. The van der Waals surface area contributed by atoms with E-state index in [2.05, 4.69) is 10.3 Å². The summed E-state index contributed by atoms with van der Waals surface area (Å²) in [6.07, 6.45) is 1.71. The van der Waals surface area contributed by atoms with Crippen molar-refractivity contribution in [3.8, 4) is 11.3 Å². The number of nitrogens with one attached hydrogen (secondary N) is 1. The molecule has 134 valence electrons. The molecule has 4 rings (SSSR count). The van der Waals surface area contributed by atoms with Crippen LogP contribution in [0.15, 0.2) is 59.4 Å². The minimum Gasteiger partial charge on any atom is -0.350 e. The summed E-state index contributed by atoms with van der Waals surface area (Å²) in [7, 11) is 0. The van der Waals surface area contributed by atoms with Crippen LogP contribution < -0.4 is 5.32 Å². The third-order valence-corrected chi connectivity index (χ3v) is 5.03. The van der Waals surface area contributed by atoms with Crippen molar-refractivity contribution in [1.29, 1.82) is 0 Å². The van der Waals surface area contributed by atoms with Crippen molar-refractivity contribution in [2.45, 2.75) is 6.54 Å². The fourth-order valence-electron chi connectivity index (χ4n) is 3.02. The second-order valence-electron chi connectivity index (χ2n) is 6.04. The summed E-state index contributed by atoms with van der Waals surface area (Å²) in [4.78, 5) is 42.4. The first kappa shape index (κ1) is 17.1. The van der Waals surface area contributed by atoms with E-state index >= 15 is 0 Å². The molecule has 3 aromatic rings. The highest BCUT2D eigenvalue weighted by molar-refractivity contribution is 7.08. The van der Waals surface area contributed by atoms with Crippen LogP contribution in [0.4, 0.5) is 0 Å². The maximum Gasteiger partial charge on any atom is 0.262 e. The van der Waals surface area contributed by atoms with Gasteiger partial charge in [0.1, 0.15) is 6.54 Å². The van der Waals surface area contributed by atoms with Gasteiger partial charge in [0, 0.05) is 23.7 Å². The molecule has 0 saturated heterocycles. The van der Waals surface area contributed by atoms with Gasteiger partial charge in [-0.05, 0) is 35.2 Å². The summed E-state index contributed by atoms with van der Waals surface area (Å²) >= 11 is 1.57. The lowest BCUT2D eigenvalue weighted by atomic mass is 10.1. The summed E-state index contributed by atoms with van der Waals surface area (Å²) in [5, 5.41) is 6.73. The Morgan fingerprint density at radius 2 is 1.78 bits per heavy atom. The molecule has 0 saturated carbocycles. The number of benzene rings is 1. The van der Waals surface area contributed by atoms with Crippen LogP contribution in [0.2, 0.25) is 0 Å². The first-order chi connectivity index (χ1) is 13.1. The van der Waals surface area contributed by atoms with Gasteiger partial charge in [0.25, 0.3) is 11.8 Å². The highest BCUT2D eigenvalue weighted by atomic mass is 32.1. The van der Waals surface area contributed by atoms with Crippen molar-refractivity contribution in [2.24, 2.45) is 0 Å². The largest absolute Gasteiger partial charge is 0.350 e. The van der Waals surface area contributed by atoms with Crippen molar-refractivity contribution >= 4 is 29.1 Å². The van der Waals surface area contributed by atoms with Crippen LogP contribution >= 0.6 is 11.3 Å². The monoisotopic (exact) mass is 377 g/mol. The molecule has 0 radical (unpaired) electrons. The zero-order valence-electron chi connectivity index (χ0n) is 14.2. The van der Waals surface area contributed by atoms with Gasteiger partial charge in [-0.1, -0.05) is 18.2 Å². The number of imide groups is 1. The zero-order valence-corrected chi connectivity index (χ0v) is 15.0. The number of hydrogen-bond donors (Lipinski definition) is 1. The minimum atomic E-state index is -0.439. The van der Waals surface area contributed by atoms with Crippen LogP contribution in [0, 0.1) is 0 Å². The molecule has 0 atom stereocenters. The normalized spacial score (nSPS) is 13.0. The lowest BCUT2D eigenvalue weighted by Gasteiger charge is -2.14. The van der Waals surface area contributed by atoms with Crippen LogP contribution in [0.5, 0.6) is 0 Å². The van der Waals surface area contributed by atoms with E-state index in [4.69, 9.17) is 0 Å². The number of thiophene rings is 1. The van der Waals surface area contributed by atoms with E-state index in [1.807, 2.05) is 29.0 Å². The average molecular weight is 377 g/mol. The summed E-state index contributed by atoms with van der Waals surface area (Å²) in [5.41, 5.74) is 3.33. The number of carbonyl (C=O) groups excluding carboxylic acids is 3. The number of carbonyl (C=O) groups is 3. The Morgan fingerprint density at radius 1 is 1.04 bits per heavy atom. The third kappa shape index (κ3) is 3.24. The van der Waals surface area contributed by atoms with Gasteiger partial charge >= 0.3 is 0 Å². The number of amides is 3. The molecule has 0 aliphatic carbocycles. The number of fused-ring (bicyclic) bond motifs is 1.